The highest BCUT2D eigenvalue weighted by molar-refractivity contribution is 5.77. The molecule has 1 heterocycles. The standard InChI is InChI=1S/C16H23NO2/c1-13(18)12-16(7-9-17(2)10-8-16)14-5-4-6-15(11-14)19-3/h4-6,11H,7-10,12H2,1-3H3. The number of hydrogen-bond donors (Lipinski definition) is 0. The van der Waals surface area contributed by atoms with E-state index in [9.17, 15) is 4.79 Å². The summed E-state index contributed by atoms with van der Waals surface area (Å²) in [6.07, 6.45) is 2.71. The average molecular weight is 261 g/mol. The van der Waals surface area contributed by atoms with Crippen molar-refractivity contribution in [1.29, 1.82) is 0 Å². The number of nitrogens with zero attached hydrogens (tertiary/aromatic N) is 1. The van der Waals surface area contributed by atoms with Gasteiger partial charge in [-0.1, -0.05) is 12.1 Å². The largest absolute Gasteiger partial charge is 0.497 e. The molecule has 0 spiro atoms. The zero-order valence-corrected chi connectivity index (χ0v) is 12.1. The second-order valence-electron chi connectivity index (χ2n) is 5.69. The van der Waals surface area contributed by atoms with Crippen LogP contribution in [0.5, 0.6) is 5.75 Å². The first kappa shape index (κ1) is 14.1. The zero-order chi connectivity index (χ0) is 13.9. The maximum Gasteiger partial charge on any atom is 0.130 e. The second kappa shape index (κ2) is 5.74. The minimum Gasteiger partial charge on any atom is -0.497 e. The van der Waals surface area contributed by atoms with Crippen LogP contribution in [0.3, 0.4) is 0 Å². The first-order valence-corrected chi connectivity index (χ1v) is 6.88. The van der Waals surface area contributed by atoms with Gasteiger partial charge in [0, 0.05) is 11.8 Å². The predicted molar refractivity (Wildman–Crippen MR) is 76.7 cm³/mol. The van der Waals surface area contributed by atoms with Gasteiger partial charge in [-0.25, -0.2) is 0 Å². The fourth-order valence-corrected chi connectivity index (χ4v) is 3.04. The van der Waals surface area contributed by atoms with E-state index in [4.69, 9.17) is 4.74 Å². The van der Waals surface area contributed by atoms with Crippen molar-refractivity contribution >= 4 is 5.78 Å². The van der Waals surface area contributed by atoms with E-state index in [0.717, 1.165) is 31.7 Å². The van der Waals surface area contributed by atoms with E-state index < -0.39 is 0 Å². The Morgan fingerprint density at radius 2 is 2.05 bits per heavy atom. The Kier molecular flexibility index (Phi) is 4.25. The van der Waals surface area contributed by atoms with Crippen molar-refractivity contribution in [3.8, 4) is 5.75 Å². The lowest BCUT2D eigenvalue weighted by atomic mass is 9.69. The van der Waals surface area contributed by atoms with Crippen molar-refractivity contribution in [3.63, 3.8) is 0 Å². The van der Waals surface area contributed by atoms with E-state index in [2.05, 4.69) is 24.1 Å². The molecule has 3 heteroatoms. The van der Waals surface area contributed by atoms with Crippen molar-refractivity contribution in [2.75, 3.05) is 27.2 Å². The van der Waals surface area contributed by atoms with Crippen LogP contribution in [0.2, 0.25) is 0 Å². The summed E-state index contributed by atoms with van der Waals surface area (Å²) in [6, 6.07) is 8.21. The topological polar surface area (TPSA) is 29.5 Å². The van der Waals surface area contributed by atoms with Crippen LogP contribution >= 0.6 is 0 Å². The molecular formula is C16H23NO2. The number of ether oxygens (including phenoxy) is 1. The third-order valence-electron chi connectivity index (χ3n) is 4.21. The lowest BCUT2D eigenvalue weighted by Gasteiger charge is -2.41. The van der Waals surface area contributed by atoms with E-state index in [0.29, 0.717) is 6.42 Å². The number of Topliss-reactive ketones (excluding diaryl/α,β-unsaturated/α-hetero) is 1. The molecule has 0 radical (unpaired) electrons. The first-order valence-electron chi connectivity index (χ1n) is 6.88. The maximum absolute atomic E-state index is 11.7. The third kappa shape index (κ3) is 3.16. The van der Waals surface area contributed by atoms with Crippen molar-refractivity contribution in [2.24, 2.45) is 0 Å². The fraction of sp³-hybridized carbons (Fsp3) is 0.562. The van der Waals surface area contributed by atoms with Crippen LogP contribution in [0.15, 0.2) is 24.3 Å². The van der Waals surface area contributed by atoms with E-state index in [1.807, 2.05) is 12.1 Å². The summed E-state index contributed by atoms with van der Waals surface area (Å²) in [6.45, 7) is 3.79. The summed E-state index contributed by atoms with van der Waals surface area (Å²) >= 11 is 0. The van der Waals surface area contributed by atoms with E-state index in [-0.39, 0.29) is 11.2 Å². The van der Waals surface area contributed by atoms with Crippen LogP contribution in [-0.4, -0.2) is 37.9 Å². The highest BCUT2D eigenvalue weighted by Crippen LogP contribution is 2.39. The van der Waals surface area contributed by atoms with Gasteiger partial charge in [0.2, 0.25) is 0 Å². The lowest BCUT2D eigenvalue weighted by Crippen LogP contribution is -2.42. The highest BCUT2D eigenvalue weighted by Gasteiger charge is 2.36. The van der Waals surface area contributed by atoms with Gasteiger partial charge in [-0.05, 0) is 57.6 Å². The number of benzene rings is 1. The maximum atomic E-state index is 11.7. The Labute approximate surface area is 115 Å². The number of ketones is 1. The molecule has 19 heavy (non-hydrogen) atoms. The molecule has 1 fully saturated rings. The Hall–Kier alpha value is -1.35. The number of carbonyl (C=O) groups is 1. The van der Waals surface area contributed by atoms with Gasteiger partial charge in [0.15, 0.2) is 0 Å². The van der Waals surface area contributed by atoms with E-state index in [1.165, 1.54) is 5.56 Å². The highest BCUT2D eigenvalue weighted by atomic mass is 16.5. The summed E-state index contributed by atoms with van der Waals surface area (Å²) in [7, 11) is 3.83. The minimum absolute atomic E-state index is 0.00706. The minimum atomic E-state index is -0.00706. The average Bonchev–Trinajstić information content (AvgIpc) is 2.41. The van der Waals surface area contributed by atoms with Crippen molar-refractivity contribution in [1.82, 2.24) is 4.90 Å². The van der Waals surface area contributed by atoms with Gasteiger partial charge in [-0.2, -0.15) is 0 Å². The molecule has 104 valence electrons. The molecule has 1 aromatic carbocycles. The van der Waals surface area contributed by atoms with Crippen molar-refractivity contribution < 1.29 is 9.53 Å². The molecule has 0 aromatic heterocycles. The van der Waals surface area contributed by atoms with Crippen LogP contribution in [-0.2, 0) is 10.2 Å². The molecule has 1 aromatic rings. The monoisotopic (exact) mass is 261 g/mol. The van der Waals surface area contributed by atoms with Gasteiger partial charge < -0.3 is 9.64 Å². The number of carbonyl (C=O) groups excluding carboxylic acids is 1. The van der Waals surface area contributed by atoms with Gasteiger partial charge in [-0.3, -0.25) is 4.79 Å². The molecule has 1 saturated heterocycles. The quantitative estimate of drug-likeness (QED) is 0.834. The Bertz CT molecular complexity index is 448. The number of rotatable bonds is 4. The Morgan fingerprint density at radius 1 is 1.37 bits per heavy atom. The molecule has 0 aliphatic carbocycles. The second-order valence-corrected chi connectivity index (χ2v) is 5.69. The fourth-order valence-electron chi connectivity index (χ4n) is 3.04. The normalized spacial score (nSPS) is 19.1. The van der Waals surface area contributed by atoms with Gasteiger partial charge >= 0.3 is 0 Å². The summed E-state index contributed by atoms with van der Waals surface area (Å²) in [5.41, 5.74) is 1.24. The van der Waals surface area contributed by atoms with Crippen LogP contribution in [0.1, 0.15) is 31.7 Å². The predicted octanol–water partition coefficient (Wildman–Crippen LogP) is 2.64. The third-order valence-corrected chi connectivity index (χ3v) is 4.21. The Morgan fingerprint density at radius 3 is 2.63 bits per heavy atom. The molecule has 1 aliphatic heterocycles. The van der Waals surface area contributed by atoms with E-state index >= 15 is 0 Å². The summed E-state index contributed by atoms with van der Waals surface area (Å²) in [5, 5.41) is 0. The number of hydrogen-bond acceptors (Lipinski definition) is 3. The SMILES string of the molecule is COc1cccc(C2(CC(C)=O)CCN(C)CC2)c1. The van der Waals surface area contributed by atoms with Gasteiger partial charge in [0.05, 0.1) is 7.11 Å². The van der Waals surface area contributed by atoms with Gasteiger partial charge in [0.1, 0.15) is 11.5 Å². The lowest BCUT2D eigenvalue weighted by molar-refractivity contribution is -0.118. The van der Waals surface area contributed by atoms with Crippen LogP contribution in [0, 0.1) is 0 Å². The first-order chi connectivity index (χ1) is 9.05. The van der Waals surface area contributed by atoms with Crippen molar-refractivity contribution in [3.05, 3.63) is 29.8 Å². The summed E-state index contributed by atoms with van der Waals surface area (Å²) < 4.78 is 5.32. The van der Waals surface area contributed by atoms with Gasteiger partial charge in [0.25, 0.3) is 0 Å². The molecule has 0 N–H and O–H groups in total. The van der Waals surface area contributed by atoms with Crippen LogP contribution in [0.25, 0.3) is 0 Å². The molecule has 0 amide bonds. The summed E-state index contributed by atoms with van der Waals surface area (Å²) in [4.78, 5) is 14.0. The molecule has 0 unspecified atom stereocenters. The molecule has 3 nitrogen and oxygen atoms in total. The Balaban J connectivity index is 2.33. The molecule has 0 atom stereocenters. The zero-order valence-electron chi connectivity index (χ0n) is 12.1. The van der Waals surface area contributed by atoms with Crippen LogP contribution in [0.4, 0.5) is 0 Å². The molecule has 0 saturated carbocycles. The van der Waals surface area contributed by atoms with E-state index in [1.54, 1.807) is 14.0 Å². The molecule has 2 rings (SSSR count). The smallest absolute Gasteiger partial charge is 0.130 e. The molecular weight excluding hydrogens is 238 g/mol. The summed E-state index contributed by atoms with van der Waals surface area (Å²) in [5.74, 6) is 1.15. The number of likely N-dealkylation sites (tertiary alicyclic amines) is 1. The molecule has 1 aliphatic rings. The number of methoxy groups -OCH3 is 1. The van der Waals surface area contributed by atoms with Gasteiger partial charge in [-0.15, -0.1) is 0 Å². The van der Waals surface area contributed by atoms with Crippen LogP contribution < -0.4 is 4.74 Å². The van der Waals surface area contributed by atoms with Crippen molar-refractivity contribution in [2.45, 2.75) is 31.6 Å². The number of piperidine rings is 1. The molecule has 0 bridgehead atoms.